The summed E-state index contributed by atoms with van der Waals surface area (Å²) in [5.74, 6) is 0.488. The van der Waals surface area contributed by atoms with Crippen molar-refractivity contribution in [1.82, 2.24) is 5.32 Å². The lowest BCUT2D eigenvalue weighted by atomic mass is 10.3. The smallest absolute Gasteiger partial charge is 0.324 e. The van der Waals surface area contributed by atoms with Crippen LogP contribution in [0.2, 0.25) is 0 Å². The minimum Gasteiger partial charge on any atom is -0.468 e. The Labute approximate surface area is 72.5 Å². The molecule has 1 aliphatic carbocycles. The normalized spacial score (nSPS) is 18.8. The number of hydrogen-bond acceptors (Lipinski definition) is 4. The maximum Gasteiger partial charge on any atom is 0.324 e. The van der Waals surface area contributed by atoms with Crippen molar-refractivity contribution in [2.45, 2.75) is 18.9 Å². The molecule has 0 aromatic heterocycles. The van der Waals surface area contributed by atoms with Gasteiger partial charge in [-0.3, -0.25) is 4.79 Å². The molecule has 1 unspecified atom stereocenters. The van der Waals surface area contributed by atoms with Crippen LogP contribution in [-0.4, -0.2) is 32.2 Å². The molecular weight excluding hydrogens is 156 g/mol. The molecule has 4 nitrogen and oxygen atoms in total. The Morgan fingerprint density at radius 2 is 2.42 bits per heavy atom. The van der Waals surface area contributed by atoms with Gasteiger partial charge in [-0.25, -0.2) is 0 Å². The first-order valence-electron chi connectivity index (χ1n) is 4.29. The Hall–Kier alpha value is -0.610. The van der Waals surface area contributed by atoms with Crippen LogP contribution in [0.15, 0.2) is 0 Å². The van der Waals surface area contributed by atoms with E-state index < -0.39 is 0 Å². The van der Waals surface area contributed by atoms with Crippen molar-refractivity contribution in [1.29, 1.82) is 0 Å². The van der Waals surface area contributed by atoms with Crippen molar-refractivity contribution >= 4 is 5.97 Å². The molecule has 0 aromatic carbocycles. The van der Waals surface area contributed by atoms with E-state index in [2.05, 4.69) is 10.1 Å². The largest absolute Gasteiger partial charge is 0.468 e. The van der Waals surface area contributed by atoms with Crippen LogP contribution in [0.25, 0.3) is 0 Å². The summed E-state index contributed by atoms with van der Waals surface area (Å²) in [5, 5.41) is 3.08. The van der Waals surface area contributed by atoms with E-state index in [1.54, 1.807) is 0 Å². The van der Waals surface area contributed by atoms with E-state index in [1.807, 2.05) is 0 Å². The zero-order chi connectivity index (χ0) is 8.97. The molecule has 0 spiro atoms. The first-order chi connectivity index (χ1) is 5.77. The van der Waals surface area contributed by atoms with Crippen molar-refractivity contribution < 1.29 is 9.53 Å². The summed E-state index contributed by atoms with van der Waals surface area (Å²) in [6, 6.07) is -0.324. The summed E-state index contributed by atoms with van der Waals surface area (Å²) < 4.78 is 4.57. The third kappa shape index (κ3) is 2.79. The Kier molecular flexibility index (Phi) is 3.49. The van der Waals surface area contributed by atoms with Gasteiger partial charge >= 0.3 is 5.97 Å². The van der Waals surface area contributed by atoms with Gasteiger partial charge in [0.1, 0.15) is 6.04 Å². The van der Waals surface area contributed by atoms with E-state index in [-0.39, 0.29) is 12.0 Å². The van der Waals surface area contributed by atoms with Crippen molar-refractivity contribution in [3.8, 4) is 0 Å². The van der Waals surface area contributed by atoms with Crippen LogP contribution in [0.4, 0.5) is 0 Å². The van der Waals surface area contributed by atoms with Gasteiger partial charge in [0, 0.05) is 6.54 Å². The average Bonchev–Trinajstić information content (AvgIpc) is 2.88. The third-order valence-corrected chi connectivity index (χ3v) is 2.07. The molecule has 70 valence electrons. The summed E-state index contributed by atoms with van der Waals surface area (Å²) >= 11 is 0. The van der Waals surface area contributed by atoms with Gasteiger partial charge in [0.2, 0.25) is 0 Å². The zero-order valence-corrected chi connectivity index (χ0v) is 7.38. The van der Waals surface area contributed by atoms with Crippen LogP contribution in [-0.2, 0) is 9.53 Å². The number of ether oxygens (including phenoxy) is 1. The summed E-state index contributed by atoms with van der Waals surface area (Å²) in [6.07, 6.45) is 2.54. The van der Waals surface area contributed by atoms with Crippen molar-refractivity contribution in [2.75, 3.05) is 20.2 Å². The molecule has 0 amide bonds. The van der Waals surface area contributed by atoms with Gasteiger partial charge in [-0.2, -0.15) is 0 Å². The van der Waals surface area contributed by atoms with E-state index in [1.165, 1.54) is 20.0 Å². The highest BCUT2D eigenvalue weighted by Gasteiger charge is 2.24. The lowest BCUT2D eigenvalue weighted by Gasteiger charge is -2.13. The third-order valence-electron chi connectivity index (χ3n) is 2.07. The van der Waals surface area contributed by atoms with Crippen LogP contribution in [0.3, 0.4) is 0 Å². The zero-order valence-electron chi connectivity index (χ0n) is 7.38. The molecule has 0 aliphatic heterocycles. The van der Waals surface area contributed by atoms with E-state index in [0.29, 0.717) is 6.54 Å². The van der Waals surface area contributed by atoms with Crippen LogP contribution in [0.5, 0.6) is 0 Å². The fourth-order valence-corrected chi connectivity index (χ4v) is 1.04. The van der Waals surface area contributed by atoms with Gasteiger partial charge in [-0.1, -0.05) is 0 Å². The minimum atomic E-state index is -0.324. The van der Waals surface area contributed by atoms with Crippen LogP contribution in [0, 0.1) is 5.92 Å². The Balaban J connectivity index is 2.18. The fraction of sp³-hybridized carbons (Fsp3) is 0.875. The lowest BCUT2D eigenvalue weighted by Crippen LogP contribution is -2.44. The van der Waals surface area contributed by atoms with Crippen molar-refractivity contribution in [2.24, 2.45) is 11.7 Å². The Morgan fingerprint density at radius 1 is 1.75 bits per heavy atom. The van der Waals surface area contributed by atoms with Crippen LogP contribution in [0.1, 0.15) is 12.8 Å². The predicted octanol–water partition coefficient (Wildman–Crippen LogP) is -0.514. The van der Waals surface area contributed by atoms with Crippen LogP contribution < -0.4 is 11.1 Å². The van der Waals surface area contributed by atoms with Gasteiger partial charge in [-0.15, -0.1) is 0 Å². The standard InChI is InChI=1S/C8H16N2O2/c1-12-8(11)7(4-9)10-5-6-2-3-6/h6-7,10H,2-5,9H2,1H3. The number of hydrogen-bond donors (Lipinski definition) is 2. The Bertz CT molecular complexity index is 157. The quantitative estimate of drug-likeness (QED) is 0.548. The molecule has 0 heterocycles. The van der Waals surface area contributed by atoms with E-state index in [9.17, 15) is 4.79 Å². The predicted molar refractivity (Wildman–Crippen MR) is 45.6 cm³/mol. The highest BCUT2D eigenvalue weighted by molar-refractivity contribution is 5.75. The SMILES string of the molecule is COC(=O)C(CN)NCC1CC1. The number of methoxy groups -OCH3 is 1. The molecule has 1 rings (SSSR count). The molecule has 0 bridgehead atoms. The molecule has 4 heteroatoms. The molecule has 0 saturated heterocycles. The molecule has 1 atom stereocenters. The Morgan fingerprint density at radius 3 is 2.83 bits per heavy atom. The maximum atomic E-state index is 11.0. The second kappa shape index (κ2) is 4.42. The number of nitrogens with two attached hydrogens (primary N) is 1. The number of rotatable bonds is 5. The number of esters is 1. The van der Waals surface area contributed by atoms with E-state index >= 15 is 0 Å². The van der Waals surface area contributed by atoms with Gasteiger partial charge < -0.3 is 15.8 Å². The maximum absolute atomic E-state index is 11.0. The van der Waals surface area contributed by atoms with Gasteiger partial charge in [0.25, 0.3) is 0 Å². The number of nitrogens with one attached hydrogen (secondary N) is 1. The molecule has 3 N–H and O–H groups in total. The summed E-state index contributed by atoms with van der Waals surface area (Å²) in [4.78, 5) is 11.0. The van der Waals surface area contributed by atoms with E-state index in [4.69, 9.17) is 5.73 Å². The second-order valence-corrected chi connectivity index (χ2v) is 3.16. The molecular formula is C8H16N2O2. The lowest BCUT2D eigenvalue weighted by molar-refractivity contribution is -0.142. The second-order valence-electron chi connectivity index (χ2n) is 3.16. The highest BCUT2D eigenvalue weighted by Crippen LogP contribution is 2.27. The first kappa shape index (κ1) is 9.48. The molecule has 1 fully saturated rings. The van der Waals surface area contributed by atoms with Crippen molar-refractivity contribution in [3.05, 3.63) is 0 Å². The molecule has 1 saturated carbocycles. The topological polar surface area (TPSA) is 64.3 Å². The summed E-state index contributed by atoms with van der Waals surface area (Å²) in [6.45, 7) is 1.19. The van der Waals surface area contributed by atoms with E-state index in [0.717, 1.165) is 12.5 Å². The monoisotopic (exact) mass is 172 g/mol. The molecule has 0 aromatic rings. The summed E-state index contributed by atoms with van der Waals surface area (Å²) in [5.41, 5.74) is 5.39. The number of carbonyl (C=O) groups excluding carboxylic acids is 1. The first-order valence-corrected chi connectivity index (χ1v) is 4.29. The average molecular weight is 172 g/mol. The minimum absolute atomic E-state index is 0.266. The molecule has 0 radical (unpaired) electrons. The van der Waals surface area contributed by atoms with Crippen LogP contribution >= 0.6 is 0 Å². The van der Waals surface area contributed by atoms with Gasteiger partial charge in [-0.05, 0) is 25.3 Å². The number of carbonyl (C=O) groups is 1. The van der Waals surface area contributed by atoms with Gasteiger partial charge in [0.15, 0.2) is 0 Å². The highest BCUT2D eigenvalue weighted by atomic mass is 16.5. The summed E-state index contributed by atoms with van der Waals surface area (Å²) in [7, 11) is 1.38. The molecule has 12 heavy (non-hydrogen) atoms. The van der Waals surface area contributed by atoms with Gasteiger partial charge in [0.05, 0.1) is 7.11 Å². The van der Waals surface area contributed by atoms with Crippen molar-refractivity contribution in [3.63, 3.8) is 0 Å². The fourth-order valence-electron chi connectivity index (χ4n) is 1.04. The molecule has 1 aliphatic rings.